The van der Waals surface area contributed by atoms with Gasteiger partial charge < -0.3 is 14.7 Å². The molecule has 2 aromatic carbocycles. The molecule has 0 radical (unpaired) electrons. The van der Waals surface area contributed by atoms with Crippen LogP contribution in [0.2, 0.25) is 0 Å². The first kappa shape index (κ1) is 17.6. The molecule has 1 aliphatic heterocycles. The van der Waals surface area contributed by atoms with Gasteiger partial charge in [-0.05, 0) is 48.4 Å². The Hall–Kier alpha value is -2.76. The van der Waals surface area contributed by atoms with Crippen LogP contribution >= 0.6 is 0 Å². The zero-order valence-corrected chi connectivity index (χ0v) is 15.3. The van der Waals surface area contributed by atoms with Gasteiger partial charge in [0.2, 0.25) is 0 Å². The number of aliphatic hydroxyl groups is 1. The van der Waals surface area contributed by atoms with Gasteiger partial charge in [-0.2, -0.15) is 0 Å². The fourth-order valence-corrected chi connectivity index (χ4v) is 3.45. The van der Waals surface area contributed by atoms with E-state index in [1.54, 1.807) is 4.90 Å². The minimum Gasteiger partial charge on any atom is -0.394 e. The van der Waals surface area contributed by atoms with Gasteiger partial charge in [0, 0.05) is 23.2 Å². The van der Waals surface area contributed by atoms with E-state index in [4.69, 9.17) is 4.74 Å². The molecule has 3 aromatic rings. The van der Waals surface area contributed by atoms with Gasteiger partial charge in [-0.3, -0.25) is 9.78 Å². The summed E-state index contributed by atoms with van der Waals surface area (Å²) in [5.41, 5.74) is 4.74. The van der Waals surface area contributed by atoms with Crippen molar-refractivity contribution in [3.8, 4) is 11.1 Å². The Kier molecular flexibility index (Phi) is 4.88. The first-order valence-corrected chi connectivity index (χ1v) is 9.13. The second kappa shape index (κ2) is 7.47. The Labute approximate surface area is 158 Å². The smallest absolute Gasteiger partial charge is 0.254 e. The second-order valence-electron chi connectivity index (χ2n) is 6.85. The molecule has 138 valence electrons. The van der Waals surface area contributed by atoms with Crippen LogP contribution in [-0.2, 0) is 4.74 Å². The van der Waals surface area contributed by atoms with Crippen LogP contribution in [-0.4, -0.2) is 53.3 Å². The Balaban J connectivity index is 1.58. The van der Waals surface area contributed by atoms with Crippen molar-refractivity contribution in [3.05, 3.63) is 65.9 Å². The summed E-state index contributed by atoms with van der Waals surface area (Å²) in [5.74, 6) is -0.0675. The average molecular weight is 362 g/mol. The number of aromatic nitrogens is 1. The van der Waals surface area contributed by atoms with Crippen molar-refractivity contribution in [1.29, 1.82) is 0 Å². The average Bonchev–Trinajstić information content (AvgIpc) is 2.73. The van der Waals surface area contributed by atoms with Crippen molar-refractivity contribution in [2.45, 2.75) is 13.0 Å². The van der Waals surface area contributed by atoms with Crippen molar-refractivity contribution in [2.24, 2.45) is 0 Å². The number of aliphatic hydroxyl groups excluding tert-OH is 1. The number of benzene rings is 2. The predicted molar refractivity (Wildman–Crippen MR) is 105 cm³/mol. The van der Waals surface area contributed by atoms with E-state index in [2.05, 4.69) is 23.2 Å². The zero-order valence-electron chi connectivity index (χ0n) is 15.3. The molecule has 27 heavy (non-hydrogen) atoms. The van der Waals surface area contributed by atoms with Crippen LogP contribution in [0.1, 0.15) is 16.1 Å². The summed E-state index contributed by atoms with van der Waals surface area (Å²) in [6, 6.07) is 17.6. The first-order chi connectivity index (χ1) is 13.2. The number of nitrogens with zero attached hydrogens (tertiary/aromatic N) is 2. The Bertz CT molecular complexity index is 969. The lowest BCUT2D eigenvalue weighted by Crippen LogP contribution is -2.50. The summed E-state index contributed by atoms with van der Waals surface area (Å²) in [4.78, 5) is 19.0. The maximum absolute atomic E-state index is 12.8. The van der Waals surface area contributed by atoms with Crippen molar-refractivity contribution in [1.82, 2.24) is 9.88 Å². The number of morpholine rings is 1. The minimum absolute atomic E-state index is 0.0675. The number of hydrogen-bond acceptors (Lipinski definition) is 4. The van der Waals surface area contributed by atoms with Crippen LogP contribution in [0.25, 0.3) is 22.0 Å². The lowest BCUT2D eigenvalue weighted by atomic mass is 10.0. The van der Waals surface area contributed by atoms with E-state index in [1.165, 1.54) is 0 Å². The predicted octanol–water partition coefficient (Wildman–Crippen LogP) is 3.04. The summed E-state index contributed by atoms with van der Waals surface area (Å²) in [6.07, 6.45) is 0. The second-order valence-corrected chi connectivity index (χ2v) is 6.85. The van der Waals surface area contributed by atoms with Crippen LogP contribution in [0, 0.1) is 6.92 Å². The fourth-order valence-electron chi connectivity index (χ4n) is 3.45. The van der Waals surface area contributed by atoms with E-state index in [9.17, 15) is 9.90 Å². The molecule has 5 heteroatoms. The Morgan fingerprint density at radius 3 is 2.70 bits per heavy atom. The van der Waals surface area contributed by atoms with Gasteiger partial charge in [-0.15, -0.1) is 0 Å². The highest BCUT2D eigenvalue weighted by molar-refractivity contribution is 5.95. The first-order valence-electron chi connectivity index (χ1n) is 9.13. The third kappa shape index (κ3) is 3.56. The Morgan fingerprint density at radius 2 is 1.93 bits per heavy atom. The quantitative estimate of drug-likeness (QED) is 0.778. The van der Waals surface area contributed by atoms with Gasteiger partial charge in [-0.1, -0.05) is 24.3 Å². The summed E-state index contributed by atoms with van der Waals surface area (Å²) >= 11 is 0. The number of amides is 1. The maximum atomic E-state index is 12.8. The minimum atomic E-state index is -0.276. The number of rotatable bonds is 3. The van der Waals surface area contributed by atoms with E-state index in [0.717, 1.165) is 27.7 Å². The topological polar surface area (TPSA) is 62.7 Å². The molecule has 0 saturated carbocycles. The van der Waals surface area contributed by atoms with Crippen molar-refractivity contribution in [2.75, 3.05) is 26.4 Å². The summed E-state index contributed by atoms with van der Waals surface area (Å²) < 4.78 is 5.35. The van der Waals surface area contributed by atoms with Crippen molar-refractivity contribution in [3.63, 3.8) is 0 Å². The zero-order chi connectivity index (χ0) is 18.8. The van der Waals surface area contributed by atoms with Gasteiger partial charge in [0.25, 0.3) is 5.91 Å². The van der Waals surface area contributed by atoms with E-state index < -0.39 is 0 Å². The fraction of sp³-hybridized carbons (Fsp3) is 0.273. The van der Waals surface area contributed by atoms with Gasteiger partial charge in [0.05, 0.1) is 31.4 Å². The van der Waals surface area contributed by atoms with E-state index in [1.807, 2.05) is 43.3 Å². The third-order valence-corrected chi connectivity index (χ3v) is 4.99. The molecule has 0 aliphatic carbocycles. The largest absolute Gasteiger partial charge is 0.394 e. The van der Waals surface area contributed by atoms with E-state index in [-0.39, 0.29) is 18.6 Å². The van der Waals surface area contributed by atoms with Crippen LogP contribution in [0.3, 0.4) is 0 Å². The number of carbonyl (C=O) groups is 1. The molecule has 0 unspecified atom stereocenters. The number of hydrogen-bond donors (Lipinski definition) is 1. The molecule has 5 nitrogen and oxygen atoms in total. The molecule has 1 fully saturated rings. The highest BCUT2D eigenvalue weighted by atomic mass is 16.5. The molecule has 1 atom stereocenters. The Morgan fingerprint density at radius 1 is 1.15 bits per heavy atom. The van der Waals surface area contributed by atoms with Crippen LogP contribution in [0.5, 0.6) is 0 Å². The standard InChI is InChI=1S/C22H22N2O3/c1-15-2-3-19-12-18(8-9-21(19)23-15)16-4-6-17(7-5-16)22(26)24-10-11-27-14-20(24)13-25/h2-9,12,20,25H,10-11,13-14H2,1H3/t20-/m0/s1. The molecule has 4 rings (SSSR count). The SMILES string of the molecule is Cc1ccc2cc(-c3ccc(C(=O)N4CCOC[C@@H]4CO)cc3)ccc2n1. The molecule has 0 bridgehead atoms. The summed E-state index contributed by atoms with van der Waals surface area (Å²) in [5, 5.41) is 10.6. The van der Waals surface area contributed by atoms with Crippen LogP contribution in [0.4, 0.5) is 0 Å². The summed E-state index contributed by atoms with van der Waals surface area (Å²) in [7, 11) is 0. The number of carbonyl (C=O) groups excluding carboxylic acids is 1. The van der Waals surface area contributed by atoms with Gasteiger partial charge in [-0.25, -0.2) is 0 Å². The molecule has 1 aliphatic rings. The van der Waals surface area contributed by atoms with Crippen molar-refractivity contribution < 1.29 is 14.6 Å². The molecule has 1 aromatic heterocycles. The van der Waals surface area contributed by atoms with Gasteiger partial charge >= 0.3 is 0 Å². The highest BCUT2D eigenvalue weighted by Crippen LogP contribution is 2.25. The maximum Gasteiger partial charge on any atom is 0.254 e. The normalized spacial score (nSPS) is 17.3. The number of fused-ring (bicyclic) bond motifs is 1. The monoisotopic (exact) mass is 362 g/mol. The van der Waals surface area contributed by atoms with Crippen LogP contribution < -0.4 is 0 Å². The molecule has 1 amide bonds. The molecular formula is C22H22N2O3. The summed E-state index contributed by atoms with van der Waals surface area (Å²) in [6.45, 7) is 3.28. The molecular weight excluding hydrogens is 340 g/mol. The van der Waals surface area contributed by atoms with E-state index >= 15 is 0 Å². The number of aryl methyl sites for hydroxylation is 1. The lowest BCUT2D eigenvalue weighted by molar-refractivity contribution is -0.0183. The third-order valence-electron chi connectivity index (χ3n) is 4.99. The molecule has 0 spiro atoms. The molecule has 2 heterocycles. The van der Waals surface area contributed by atoms with Gasteiger partial charge in [0.1, 0.15) is 0 Å². The number of ether oxygens (including phenoxy) is 1. The lowest BCUT2D eigenvalue weighted by Gasteiger charge is -2.34. The molecule has 1 saturated heterocycles. The highest BCUT2D eigenvalue weighted by Gasteiger charge is 2.27. The van der Waals surface area contributed by atoms with E-state index in [0.29, 0.717) is 25.3 Å². The van der Waals surface area contributed by atoms with Crippen molar-refractivity contribution >= 4 is 16.8 Å². The van der Waals surface area contributed by atoms with Crippen LogP contribution in [0.15, 0.2) is 54.6 Å². The molecule has 1 N–H and O–H groups in total. The van der Waals surface area contributed by atoms with Gasteiger partial charge in [0.15, 0.2) is 0 Å². The number of pyridine rings is 1.